The Balaban J connectivity index is 2.12. The number of allylic oxidation sites excluding steroid dienone is 1. The smallest absolute Gasteiger partial charge is 0.341 e. The normalized spacial score (nSPS) is 14.3. The number of aromatic nitrogens is 1. The molecule has 1 aromatic heterocycles. The third kappa shape index (κ3) is 4.60. The first-order chi connectivity index (χ1) is 14.9. The summed E-state index contributed by atoms with van der Waals surface area (Å²) in [5.41, 5.74) is 2.00. The Morgan fingerprint density at radius 1 is 1.26 bits per heavy atom. The van der Waals surface area contributed by atoms with Crippen LogP contribution in [0.2, 0.25) is 0 Å². The molecule has 0 aliphatic heterocycles. The molecular formula is C24H30N2O5. The summed E-state index contributed by atoms with van der Waals surface area (Å²) in [6.07, 6.45) is 8.05. The van der Waals surface area contributed by atoms with Crippen LogP contribution in [0.5, 0.6) is 11.6 Å². The second-order valence-corrected chi connectivity index (χ2v) is 7.94. The van der Waals surface area contributed by atoms with E-state index in [1.165, 1.54) is 30.2 Å². The molecule has 2 aromatic rings. The topological polar surface area (TPSA) is 101 Å². The second-order valence-electron chi connectivity index (χ2n) is 7.94. The highest BCUT2D eigenvalue weighted by atomic mass is 16.5. The van der Waals surface area contributed by atoms with E-state index in [2.05, 4.69) is 11.9 Å². The van der Waals surface area contributed by atoms with Crippen LogP contribution in [0.15, 0.2) is 30.9 Å². The summed E-state index contributed by atoms with van der Waals surface area (Å²) in [6.45, 7) is 3.75. The molecule has 0 atom stereocenters. The number of methoxy groups -OCH3 is 1. The van der Waals surface area contributed by atoms with Gasteiger partial charge in [0, 0.05) is 24.2 Å². The number of phenols is 1. The number of carbonyl (C=O) groups is 2. The highest BCUT2D eigenvalue weighted by molar-refractivity contribution is 6.02. The minimum atomic E-state index is -0.680. The minimum absolute atomic E-state index is 0.00154. The maximum absolute atomic E-state index is 13.3. The lowest BCUT2D eigenvalue weighted by molar-refractivity contribution is 0.0597. The van der Waals surface area contributed by atoms with Gasteiger partial charge in [0.05, 0.1) is 7.11 Å². The van der Waals surface area contributed by atoms with Crippen molar-refractivity contribution in [3.05, 3.63) is 47.7 Å². The zero-order valence-corrected chi connectivity index (χ0v) is 18.1. The molecule has 1 saturated carbocycles. The molecule has 1 aliphatic carbocycles. The molecule has 3 rings (SSSR count). The van der Waals surface area contributed by atoms with Gasteiger partial charge < -0.3 is 24.8 Å². The first-order valence-corrected chi connectivity index (χ1v) is 10.6. The van der Waals surface area contributed by atoms with Crippen LogP contribution in [0.4, 0.5) is 0 Å². The summed E-state index contributed by atoms with van der Waals surface area (Å²) in [5.74, 6) is -1.16. The van der Waals surface area contributed by atoms with E-state index in [-0.39, 0.29) is 29.1 Å². The van der Waals surface area contributed by atoms with Crippen molar-refractivity contribution in [1.82, 2.24) is 9.88 Å². The highest BCUT2D eigenvalue weighted by Crippen LogP contribution is 2.39. The lowest BCUT2D eigenvalue weighted by atomic mass is 9.94. The second kappa shape index (κ2) is 9.73. The Morgan fingerprint density at radius 3 is 2.61 bits per heavy atom. The van der Waals surface area contributed by atoms with Gasteiger partial charge in [0.2, 0.25) is 0 Å². The Kier molecular flexibility index (Phi) is 7.05. The fourth-order valence-corrected chi connectivity index (χ4v) is 4.26. The third-order valence-corrected chi connectivity index (χ3v) is 5.91. The van der Waals surface area contributed by atoms with E-state index in [0.717, 1.165) is 25.7 Å². The molecule has 0 bridgehead atoms. The van der Waals surface area contributed by atoms with Crippen LogP contribution in [0.3, 0.4) is 0 Å². The van der Waals surface area contributed by atoms with Gasteiger partial charge in [-0.05, 0) is 43.4 Å². The van der Waals surface area contributed by atoms with Crippen LogP contribution in [0.25, 0.3) is 11.1 Å². The first kappa shape index (κ1) is 22.5. The Hall–Kier alpha value is -3.22. The van der Waals surface area contributed by atoms with Gasteiger partial charge in [-0.3, -0.25) is 4.79 Å². The lowest BCUT2D eigenvalue weighted by Crippen LogP contribution is -2.37. The van der Waals surface area contributed by atoms with Gasteiger partial charge in [-0.2, -0.15) is 0 Å². The summed E-state index contributed by atoms with van der Waals surface area (Å²) >= 11 is 0. The van der Waals surface area contributed by atoms with Gasteiger partial charge in [-0.1, -0.05) is 31.4 Å². The van der Waals surface area contributed by atoms with Crippen molar-refractivity contribution in [2.75, 3.05) is 7.11 Å². The predicted octanol–water partition coefficient (Wildman–Crippen LogP) is 4.07. The maximum Gasteiger partial charge on any atom is 0.341 e. The number of amides is 1. The highest BCUT2D eigenvalue weighted by Gasteiger charge is 2.28. The largest absolute Gasteiger partial charge is 0.507 e. The molecule has 1 fully saturated rings. The molecule has 1 heterocycles. The number of nitrogens with one attached hydrogen (secondary N) is 1. The zero-order chi connectivity index (χ0) is 22.5. The Morgan fingerprint density at radius 2 is 1.97 bits per heavy atom. The van der Waals surface area contributed by atoms with Crippen LogP contribution in [0.1, 0.15) is 64.9 Å². The predicted molar refractivity (Wildman–Crippen MR) is 118 cm³/mol. The molecular weight excluding hydrogens is 396 g/mol. The number of hydrogen-bond acceptors (Lipinski definition) is 5. The average molecular weight is 427 g/mol. The molecule has 0 spiro atoms. The number of hydrogen-bond donors (Lipinski definition) is 3. The van der Waals surface area contributed by atoms with Gasteiger partial charge >= 0.3 is 5.97 Å². The molecule has 1 aromatic carbocycles. The molecule has 3 N–H and O–H groups in total. The summed E-state index contributed by atoms with van der Waals surface area (Å²) < 4.78 is 6.25. The standard InChI is InChI=1S/C24H30N2O5/c1-4-5-11-17-20(15-12-13-19(27)18(14-15)24(30)31-3)21(26(2)23(17)29)22(28)25-16-9-7-6-8-10-16/h4,12-14,16,27,29H,1,5-11H2,2-3H3,(H,25,28). The molecule has 31 heavy (non-hydrogen) atoms. The van der Waals surface area contributed by atoms with Crippen molar-refractivity contribution < 1.29 is 24.5 Å². The quantitative estimate of drug-likeness (QED) is 0.458. The number of rotatable bonds is 7. The van der Waals surface area contributed by atoms with Crippen LogP contribution < -0.4 is 5.32 Å². The number of esters is 1. The summed E-state index contributed by atoms with van der Waals surface area (Å²) in [7, 11) is 2.88. The van der Waals surface area contributed by atoms with Crippen LogP contribution in [-0.4, -0.2) is 39.8 Å². The third-order valence-electron chi connectivity index (χ3n) is 5.91. The first-order valence-electron chi connectivity index (χ1n) is 10.6. The van der Waals surface area contributed by atoms with Crippen molar-refractivity contribution in [2.24, 2.45) is 7.05 Å². The lowest BCUT2D eigenvalue weighted by Gasteiger charge is -2.23. The van der Waals surface area contributed by atoms with Crippen molar-refractivity contribution in [2.45, 2.75) is 51.0 Å². The fraction of sp³-hybridized carbons (Fsp3) is 0.417. The van der Waals surface area contributed by atoms with E-state index in [1.807, 2.05) is 0 Å². The molecule has 1 amide bonds. The van der Waals surface area contributed by atoms with E-state index in [1.54, 1.807) is 19.2 Å². The van der Waals surface area contributed by atoms with E-state index in [4.69, 9.17) is 4.74 Å². The van der Waals surface area contributed by atoms with Crippen LogP contribution in [0, 0.1) is 0 Å². The number of nitrogens with zero attached hydrogens (tertiary/aromatic N) is 1. The molecule has 7 nitrogen and oxygen atoms in total. The fourth-order valence-electron chi connectivity index (χ4n) is 4.26. The monoisotopic (exact) mass is 426 g/mol. The molecule has 166 valence electrons. The average Bonchev–Trinajstić information content (AvgIpc) is 3.03. The summed E-state index contributed by atoms with van der Waals surface area (Å²) in [5, 5.41) is 24.0. The molecule has 1 aliphatic rings. The van der Waals surface area contributed by atoms with E-state index in [0.29, 0.717) is 35.2 Å². The number of phenolic OH excluding ortho intramolecular Hbond substituents is 1. The van der Waals surface area contributed by atoms with Crippen molar-refractivity contribution in [3.8, 4) is 22.8 Å². The van der Waals surface area contributed by atoms with Gasteiger partial charge in [-0.15, -0.1) is 6.58 Å². The van der Waals surface area contributed by atoms with E-state index in [9.17, 15) is 19.8 Å². The number of aromatic hydroxyl groups is 2. The minimum Gasteiger partial charge on any atom is -0.507 e. The van der Waals surface area contributed by atoms with Gasteiger partial charge in [0.25, 0.3) is 5.91 Å². The summed E-state index contributed by atoms with van der Waals surface area (Å²) in [6, 6.07) is 4.62. The number of carbonyl (C=O) groups excluding carboxylic acids is 2. The Bertz CT molecular complexity index is 986. The molecule has 0 unspecified atom stereocenters. The van der Waals surface area contributed by atoms with Gasteiger partial charge in [-0.25, -0.2) is 4.79 Å². The Labute approximate surface area is 182 Å². The van der Waals surface area contributed by atoms with Crippen LogP contribution in [-0.2, 0) is 18.2 Å². The summed E-state index contributed by atoms with van der Waals surface area (Å²) in [4.78, 5) is 25.4. The van der Waals surface area contributed by atoms with E-state index >= 15 is 0 Å². The van der Waals surface area contributed by atoms with Crippen molar-refractivity contribution >= 4 is 11.9 Å². The number of benzene rings is 1. The van der Waals surface area contributed by atoms with E-state index < -0.39 is 5.97 Å². The zero-order valence-electron chi connectivity index (χ0n) is 18.1. The van der Waals surface area contributed by atoms with Gasteiger partial charge in [0.15, 0.2) is 5.88 Å². The maximum atomic E-state index is 13.3. The molecule has 0 radical (unpaired) electrons. The molecule has 7 heteroatoms. The van der Waals surface area contributed by atoms with Crippen molar-refractivity contribution in [3.63, 3.8) is 0 Å². The van der Waals surface area contributed by atoms with Crippen molar-refractivity contribution in [1.29, 1.82) is 0 Å². The molecule has 0 saturated heterocycles. The van der Waals surface area contributed by atoms with Crippen LogP contribution >= 0.6 is 0 Å². The number of ether oxygens (including phenoxy) is 1. The SMILES string of the molecule is C=CCCc1c(-c2ccc(O)c(C(=O)OC)c2)c(C(=O)NC2CCCCC2)n(C)c1O. The van der Waals surface area contributed by atoms with Gasteiger partial charge in [0.1, 0.15) is 17.0 Å².